The Hall–Kier alpha value is -2.19. The third kappa shape index (κ3) is 3.46. The third-order valence-electron chi connectivity index (χ3n) is 7.35. The fraction of sp³-hybridized carbons (Fsp3) is 0.542. The highest BCUT2D eigenvalue weighted by molar-refractivity contribution is 6.28. The van der Waals surface area contributed by atoms with Gasteiger partial charge in [0, 0.05) is 30.5 Å². The van der Waals surface area contributed by atoms with Crippen LogP contribution in [0.2, 0.25) is 5.28 Å². The minimum absolute atomic E-state index is 0.0527. The predicted molar refractivity (Wildman–Crippen MR) is 115 cm³/mol. The monoisotopic (exact) mass is 424 g/mol. The zero-order valence-electron chi connectivity index (χ0n) is 17.1. The zero-order valence-corrected chi connectivity index (χ0v) is 17.9. The molecule has 2 heterocycles. The van der Waals surface area contributed by atoms with Gasteiger partial charge in [-0.2, -0.15) is 5.26 Å². The van der Waals surface area contributed by atoms with E-state index < -0.39 is 0 Å². The molecule has 0 radical (unpaired) electrons. The first kappa shape index (κ1) is 19.8. The summed E-state index contributed by atoms with van der Waals surface area (Å²) in [5, 5.41) is 9.40. The molecule has 1 unspecified atom stereocenters. The number of benzene rings is 1. The Morgan fingerprint density at radius 1 is 1.23 bits per heavy atom. The van der Waals surface area contributed by atoms with E-state index >= 15 is 0 Å². The lowest BCUT2D eigenvalue weighted by atomic mass is 9.62. The average molecular weight is 425 g/mol. The molecule has 6 heteroatoms. The van der Waals surface area contributed by atoms with E-state index in [1.54, 1.807) is 12.1 Å². The molecular formula is C24H26ClFN4. The zero-order chi connectivity index (χ0) is 20.7. The lowest BCUT2D eigenvalue weighted by molar-refractivity contribution is 0.310. The van der Waals surface area contributed by atoms with Crippen LogP contribution in [0.1, 0.15) is 60.9 Å². The number of anilines is 1. The summed E-state index contributed by atoms with van der Waals surface area (Å²) in [6, 6.07) is 7.61. The van der Waals surface area contributed by atoms with Crippen molar-refractivity contribution in [2.45, 2.75) is 63.2 Å². The van der Waals surface area contributed by atoms with Gasteiger partial charge in [0.2, 0.25) is 5.28 Å². The number of nitriles is 1. The fourth-order valence-corrected chi connectivity index (χ4v) is 6.12. The molecule has 0 amide bonds. The van der Waals surface area contributed by atoms with E-state index in [1.165, 1.54) is 16.7 Å². The topological polar surface area (TPSA) is 52.8 Å². The quantitative estimate of drug-likeness (QED) is 0.624. The Labute approximate surface area is 182 Å². The Kier molecular flexibility index (Phi) is 5.14. The molecule has 1 fully saturated rings. The van der Waals surface area contributed by atoms with Crippen molar-refractivity contribution in [1.82, 2.24) is 9.97 Å². The number of aryl methyl sites for hydroxylation is 1. The molecule has 1 aromatic heterocycles. The van der Waals surface area contributed by atoms with Gasteiger partial charge >= 0.3 is 0 Å². The number of rotatable bonds is 2. The van der Waals surface area contributed by atoms with E-state index in [2.05, 4.69) is 20.9 Å². The van der Waals surface area contributed by atoms with Gasteiger partial charge in [0.05, 0.1) is 11.8 Å². The summed E-state index contributed by atoms with van der Waals surface area (Å²) in [5.41, 5.74) is 4.62. The van der Waals surface area contributed by atoms with Crippen LogP contribution in [0.25, 0.3) is 0 Å². The molecule has 1 aliphatic heterocycles. The van der Waals surface area contributed by atoms with E-state index in [-0.39, 0.29) is 11.2 Å². The number of piperidine rings is 1. The number of fused-ring (bicyclic) bond motifs is 3. The van der Waals surface area contributed by atoms with Crippen molar-refractivity contribution in [2.24, 2.45) is 5.92 Å². The highest BCUT2D eigenvalue weighted by Gasteiger charge is 2.41. The Bertz CT molecular complexity index is 1020. The van der Waals surface area contributed by atoms with Crippen LogP contribution in [0.3, 0.4) is 0 Å². The number of hydrogen-bond acceptors (Lipinski definition) is 4. The van der Waals surface area contributed by atoms with Gasteiger partial charge in [-0.05, 0) is 92.1 Å². The smallest absolute Gasteiger partial charge is 0.224 e. The van der Waals surface area contributed by atoms with Crippen molar-refractivity contribution in [3.05, 3.63) is 51.7 Å². The maximum absolute atomic E-state index is 14.1. The summed E-state index contributed by atoms with van der Waals surface area (Å²) in [7, 11) is 0. The second kappa shape index (κ2) is 7.81. The molecule has 4 nitrogen and oxygen atoms in total. The van der Waals surface area contributed by atoms with E-state index in [0.29, 0.717) is 17.6 Å². The lowest BCUT2D eigenvalue weighted by Crippen LogP contribution is -2.40. The van der Waals surface area contributed by atoms with Gasteiger partial charge in [0.25, 0.3) is 0 Å². The van der Waals surface area contributed by atoms with Crippen LogP contribution >= 0.6 is 11.6 Å². The van der Waals surface area contributed by atoms with E-state index in [1.807, 2.05) is 6.07 Å². The Morgan fingerprint density at radius 2 is 2.13 bits per heavy atom. The summed E-state index contributed by atoms with van der Waals surface area (Å²) in [6.45, 7) is 1.80. The molecule has 0 saturated carbocycles. The number of halogens is 2. The lowest BCUT2D eigenvalue weighted by Gasteiger charge is -2.43. The van der Waals surface area contributed by atoms with Gasteiger partial charge in [-0.1, -0.05) is 6.07 Å². The molecular weight excluding hydrogens is 399 g/mol. The van der Waals surface area contributed by atoms with E-state index in [0.717, 1.165) is 76.0 Å². The van der Waals surface area contributed by atoms with Crippen molar-refractivity contribution in [3.8, 4) is 6.07 Å². The van der Waals surface area contributed by atoms with E-state index in [4.69, 9.17) is 16.9 Å². The summed E-state index contributed by atoms with van der Waals surface area (Å²) in [4.78, 5) is 11.6. The molecule has 30 heavy (non-hydrogen) atoms. The van der Waals surface area contributed by atoms with Gasteiger partial charge in [-0.25, -0.2) is 14.4 Å². The van der Waals surface area contributed by atoms with E-state index in [9.17, 15) is 4.39 Å². The second-order valence-corrected chi connectivity index (χ2v) is 9.51. The fourth-order valence-electron chi connectivity index (χ4n) is 5.93. The summed E-state index contributed by atoms with van der Waals surface area (Å²) in [5.74, 6) is 1.19. The van der Waals surface area contributed by atoms with Crippen LogP contribution in [0.15, 0.2) is 18.2 Å². The molecule has 1 aromatic carbocycles. The highest BCUT2D eigenvalue weighted by Crippen LogP contribution is 2.47. The number of hydrogen-bond donors (Lipinski definition) is 0. The minimum Gasteiger partial charge on any atom is -0.356 e. The maximum atomic E-state index is 14.1. The van der Waals surface area contributed by atoms with Crippen LogP contribution < -0.4 is 4.90 Å². The van der Waals surface area contributed by atoms with Crippen molar-refractivity contribution in [1.29, 1.82) is 5.26 Å². The second-order valence-electron chi connectivity index (χ2n) is 9.17. The minimum atomic E-state index is -0.154. The maximum Gasteiger partial charge on any atom is 0.224 e. The normalized spacial score (nSPS) is 25.5. The van der Waals surface area contributed by atoms with Crippen molar-refractivity contribution in [2.75, 3.05) is 18.0 Å². The van der Waals surface area contributed by atoms with Gasteiger partial charge in [-0.3, -0.25) is 0 Å². The molecule has 0 bridgehead atoms. The molecule has 156 valence electrons. The van der Waals surface area contributed by atoms with Crippen LogP contribution in [0, 0.1) is 23.1 Å². The molecule has 0 N–H and O–H groups in total. The van der Waals surface area contributed by atoms with Crippen LogP contribution in [0.4, 0.5) is 10.2 Å². The third-order valence-corrected chi connectivity index (χ3v) is 7.52. The molecule has 2 atom stereocenters. The molecule has 3 aliphatic rings. The summed E-state index contributed by atoms with van der Waals surface area (Å²) in [6.07, 6.45) is 8.63. The average Bonchev–Trinajstić information content (AvgIpc) is 2.74. The van der Waals surface area contributed by atoms with Crippen molar-refractivity contribution < 1.29 is 4.39 Å². The first-order chi connectivity index (χ1) is 14.6. The SMILES string of the molecule is N#CC[C@@H]1CCCN(c2nc(Cl)nc3c2CCC2(CCCc4ccc(F)cc42)C3)C1. The van der Waals surface area contributed by atoms with Crippen molar-refractivity contribution >= 4 is 17.4 Å². The van der Waals surface area contributed by atoms with Crippen molar-refractivity contribution in [3.63, 3.8) is 0 Å². The van der Waals surface area contributed by atoms with Gasteiger partial charge < -0.3 is 4.90 Å². The predicted octanol–water partition coefficient (Wildman–Crippen LogP) is 5.16. The van der Waals surface area contributed by atoms with Gasteiger partial charge in [0.1, 0.15) is 11.6 Å². The summed E-state index contributed by atoms with van der Waals surface area (Å²) >= 11 is 6.39. The van der Waals surface area contributed by atoms with Crippen LogP contribution in [-0.4, -0.2) is 23.1 Å². The largest absolute Gasteiger partial charge is 0.356 e. The Morgan fingerprint density at radius 3 is 3.00 bits per heavy atom. The summed E-state index contributed by atoms with van der Waals surface area (Å²) < 4.78 is 14.1. The Balaban J connectivity index is 1.51. The molecule has 1 spiro atoms. The molecule has 2 aliphatic carbocycles. The number of aromatic nitrogens is 2. The van der Waals surface area contributed by atoms with Crippen LogP contribution in [-0.2, 0) is 24.7 Å². The number of nitrogens with zero attached hydrogens (tertiary/aromatic N) is 4. The first-order valence-corrected chi connectivity index (χ1v) is 11.4. The molecule has 2 aromatic rings. The van der Waals surface area contributed by atoms with Gasteiger partial charge in [0.15, 0.2) is 0 Å². The van der Waals surface area contributed by atoms with Crippen LogP contribution in [0.5, 0.6) is 0 Å². The highest BCUT2D eigenvalue weighted by atomic mass is 35.5. The van der Waals surface area contributed by atoms with Gasteiger partial charge in [-0.15, -0.1) is 0 Å². The molecule has 5 rings (SSSR count). The molecule has 1 saturated heterocycles. The standard InChI is InChI=1S/C24H26ClFN4/c25-23-28-21-14-24(9-1-4-17-5-6-18(26)13-20(17)24)10-7-19(21)22(29-23)30-12-2-3-16(15-30)8-11-27/h5-6,13,16H,1-4,7-10,12,14-15H2/t16-,24?/m0/s1. The first-order valence-electron chi connectivity index (χ1n) is 11.0.